The van der Waals surface area contributed by atoms with Crippen molar-refractivity contribution in [2.24, 2.45) is 0 Å². The molecule has 0 saturated heterocycles. The fourth-order valence-electron chi connectivity index (χ4n) is 1.10. The zero-order valence-electron chi connectivity index (χ0n) is 8.16. The summed E-state index contributed by atoms with van der Waals surface area (Å²) in [6.07, 6.45) is 4.56. The van der Waals surface area contributed by atoms with Crippen molar-refractivity contribution in [2.75, 3.05) is 0 Å². The molecule has 2 aromatic heterocycles. The molecule has 0 atom stereocenters. The zero-order chi connectivity index (χ0) is 11.4. The predicted molar refractivity (Wildman–Crippen MR) is 54.0 cm³/mol. The summed E-state index contributed by atoms with van der Waals surface area (Å²) in [5, 5.41) is 10.4. The second-order valence-electron chi connectivity index (χ2n) is 2.95. The van der Waals surface area contributed by atoms with Crippen molar-refractivity contribution in [3.8, 4) is 11.6 Å². The molecule has 0 bridgehead atoms. The Morgan fingerprint density at radius 3 is 2.81 bits per heavy atom. The quantitative estimate of drug-likeness (QED) is 0.578. The molecule has 0 aliphatic heterocycles. The van der Waals surface area contributed by atoms with E-state index in [4.69, 9.17) is 4.74 Å². The van der Waals surface area contributed by atoms with Crippen molar-refractivity contribution < 1.29 is 14.6 Å². The predicted octanol–water partition coefficient (Wildman–Crippen LogP) is 1.60. The minimum absolute atomic E-state index is 0.0630. The van der Waals surface area contributed by atoms with E-state index in [0.717, 1.165) is 6.20 Å². The van der Waals surface area contributed by atoms with E-state index in [1.807, 2.05) is 0 Å². The molecule has 0 aliphatic carbocycles. The Labute approximate surface area is 90.7 Å². The Morgan fingerprint density at radius 2 is 2.25 bits per heavy atom. The lowest BCUT2D eigenvalue weighted by Crippen LogP contribution is -1.99. The molecule has 2 aromatic rings. The topological polar surface area (TPSA) is 79.4 Å². The monoisotopic (exact) mass is 218 g/mol. The number of nitrogens with zero attached hydrogens (tertiary/aromatic N) is 2. The first-order valence-electron chi connectivity index (χ1n) is 4.50. The van der Waals surface area contributed by atoms with Gasteiger partial charge < -0.3 is 4.74 Å². The van der Waals surface area contributed by atoms with Gasteiger partial charge in [-0.1, -0.05) is 0 Å². The summed E-state index contributed by atoms with van der Waals surface area (Å²) in [6, 6.07) is 6.32. The highest BCUT2D eigenvalue weighted by Crippen LogP contribution is 2.19. The summed E-state index contributed by atoms with van der Waals surface area (Å²) in [6.45, 7) is 0. The number of nitrogens with one attached hydrogen (secondary N) is 1. The minimum atomic E-state index is -0.507. The van der Waals surface area contributed by atoms with Gasteiger partial charge in [-0.05, 0) is 6.07 Å². The van der Waals surface area contributed by atoms with E-state index in [0.29, 0.717) is 11.6 Å². The minimum Gasteiger partial charge on any atom is -0.433 e. The van der Waals surface area contributed by atoms with Crippen LogP contribution in [0.1, 0.15) is 0 Å². The van der Waals surface area contributed by atoms with Crippen LogP contribution in [0.25, 0.3) is 0 Å². The van der Waals surface area contributed by atoms with Crippen LogP contribution in [-0.4, -0.2) is 9.91 Å². The summed E-state index contributed by atoms with van der Waals surface area (Å²) in [5.41, 5.74) is -0.0630. The number of hydrogen-bond donors (Lipinski definition) is 0. The summed E-state index contributed by atoms with van der Waals surface area (Å²) in [4.78, 5) is 16.6. The average molecular weight is 218 g/mol. The number of pyridine rings is 2. The second-order valence-corrected chi connectivity index (χ2v) is 2.95. The van der Waals surface area contributed by atoms with Gasteiger partial charge in [0.05, 0.1) is 4.92 Å². The van der Waals surface area contributed by atoms with E-state index in [9.17, 15) is 10.1 Å². The molecule has 0 spiro atoms. The molecule has 6 nitrogen and oxygen atoms in total. The number of aromatic nitrogens is 2. The van der Waals surface area contributed by atoms with Crippen molar-refractivity contribution in [3.63, 3.8) is 0 Å². The fourth-order valence-corrected chi connectivity index (χ4v) is 1.10. The second kappa shape index (κ2) is 4.35. The Bertz CT molecular complexity index is 484. The number of hydrogen-bond acceptors (Lipinski definition) is 4. The van der Waals surface area contributed by atoms with Crippen LogP contribution in [0.3, 0.4) is 0 Å². The Hall–Kier alpha value is -2.50. The number of nitro groups is 1. The van der Waals surface area contributed by atoms with E-state index in [-0.39, 0.29) is 5.69 Å². The SMILES string of the molecule is O=[N+]([O-])c1ccc(Oc2ccc[nH+]c2)nc1. The molecule has 0 fully saturated rings. The molecule has 1 N–H and O–H groups in total. The number of ether oxygens (including phenoxy) is 1. The van der Waals surface area contributed by atoms with E-state index in [1.165, 1.54) is 12.1 Å². The first-order valence-corrected chi connectivity index (χ1v) is 4.50. The van der Waals surface area contributed by atoms with Gasteiger partial charge in [0.1, 0.15) is 6.20 Å². The molecule has 2 heterocycles. The molecule has 2 rings (SSSR count). The molecule has 0 aliphatic rings. The third kappa shape index (κ3) is 2.30. The molecule has 16 heavy (non-hydrogen) atoms. The van der Waals surface area contributed by atoms with Crippen LogP contribution in [0.15, 0.2) is 42.9 Å². The number of H-pyrrole nitrogens is 1. The Balaban J connectivity index is 2.14. The fraction of sp³-hybridized carbons (Fsp3) is 0. The molecule has 6 heteroatoms. The van der Waals surface area contributed by atoms with Gasteiger partial charge in [0, 0.05) is 18.2 Å². The van der Waals surface area contributed by atoms with Crippen LogP contribution in [0, 0.1) is 10.1 Å². The third-order valence-electron chi connectivity index (χ3n) is 1.83. The van der Waals surface area contributed by atoms with Crippen LogP contribution in [0.5, 0.6) is 11.6 Å². The van der Waals surface area contributed by atoms with Gasteiger partial charge in [-0.15, -0.1) is 0 Å². The molecule has 0 saturated carbocycles. The van der Waals surface area contributed by atoms with Gasteiger partial charge in [0.25, 0.3) is 5.69 Å². The molecule has 0 unspecified atom stereocenters. The highest BCUT2D eigenvalue weighted by molar-refractivity contribution is 5.30. The van der Waals surface area contributed by atoms with Gasteiger partial charge in [-0.25, -0.2) is 9.97 Å². The lowest BCUT2D eigenvalue weighted by atomic mass is 10.4. The summed E-state index contributed by atoms with van der Waals surface area (Å²) in [7, 11) is 0. The van der Waals surface area contributed by atoms with E-state index in [2.05, 4.69) is 9.97 Å². The average Bonchev–Trinajstić information content (AvgIpc) is 2.31. The molecule has 0 aromatic carbocycles. The van der Waals surface area contributed by atoms with Crippen LogP contribution >= 0.6 is 0 Å². The maximum atomic E-state index is 10.4. The summed E-state index contributed by atoms with van der Waals surface area (Å²) in [5.74, 6) is 0.897. The normalized spacial score (nSPS) is 9.75. The van der Waals surface area contributed by atoms with Crippen molar-refractivity contribution >= 4 is 5.69 Å². The van der Waals surface area contributed by atoms with Gasteiger partial charge in [-0.2, -0.15) is 0 Å². The van der Waals surface area contributed by atoms with Crippen molar-refractivity contribution in [1.82, 2.24) is 4.98 Å². The lowest BCUT2D eigenvalue weighted by molar-refractivity contribution is -0.385. The number of aromatic amines is 1. The Kier molecular flexibility index (Phi) is 2.73. The van der Waals surface area contributed by atoms with Gasteiger partial charge >= 0.3 is 0 Å². The highest BCUT2D eigenvalue weighted by atomic mass is 16.6. The first kappa shape index (κ1) is 10.0. The molecular formula is C10H8N3O3+. The van der Waals surface area contributed by atoms with Crippen LogP contribution in [0.4, 0.5) is 5.69 Å². The molecule has 0 radical (unpaired) electrons. The third-order valence-corrected chi connectivity index (χ3v) is 1.83. The summed E-state index contributed by atoms with van der Waals surface area (Å²) < 4.78 is 5.35. The maximum Gasteiger partial charge on any atom is 0.287 e. The van der Waals surface area contributed by atoms with Gasteiger partial charge in [-0.3, -0.25) is 10.1 Å². The largest absolute Gasteiger partial charge is 0.433 e. The Morgan fingerprint density at radius 1 is 1.38 bits per heavy atom. The summed E-state index contributed by atoms with van der Waals surface area (Å²) >= 11 is 0. The zero-order valence-corrected chi connectivity index (χ0v) is 8.16. The highest BCUT2D eigenvalue weighted by Gasteiger charge is 2.06. The van der Waals surface area contributed by atoms with Crippen LogP contribution < -0.4 is 9.72 Å². The van der Waals surface area contributed by atoms with Crippen LogP contribution in [0.2, 0.25) is 0 Å². The van der Waals surface area contributed by atoms with Crippen molar-refractivity contribution in [1.29, 1.82) is 0 Å². The van der Waals surface area contributed by atoms with Crippen molar-refractivity contribution in [3.05, 3.63) is 53.0 Å². The molecule has 0 amide bonds. The van der Waals surface area contributed by atoms with Crippen LogP contribution in [-0.2, 0) is 0 Å². The van der Waals surface area contributed by atoms with E-state index >= 15 is 0 Å². The number of rotatable bonds is 3. The molecule has 80 valence electrons. The van der Waals surface area contributed by atoms with Gasteiger partial charge in [0.2, 0.25) is 12.1 Å². The van der Waals surface area contributed by atoms with E-state index < -0.39 is 4.92 Å². The maximum absolute atomic E-state index is 10.4. The lowest BCUT2D eigenvalue weighted by Gasteiger charge is -2.00. The smallest absolute Gasteiger partial charge is 0.287 e. The van der Waals surface area contributed by atoms with Crippen molar-refractivity contribution in [2.45, 2.75) is 0 Å². The van der Waals surface area contributed by atoms with E-state index in [1.54, 1.807) is 24.5 Å². The first-order chi connectivity index (χ1) is 7.75. The molecular weight excluding hydrogens is 210 g/mol. The standard InChI is InChI=1S/C10H7N3O3/c14-13(15)8-3-4-10(12-6-8)16-9-2-1-5-11-7-9/h1-7H/p+1. The van der Waals surface area contributed by atoms with Gasteiger partial charge in [0.15, 0.2) is 11.9 Å².